The molecular formula is C24H27NO4Si. The predicted molar refractivity (Wildman–Crippen MR) is 118 cm³/mol. The van der Waals surface area contributed by atoms with Crippen LogP contribution in [0.4, 0.5) is 0 Å². The molecule has 4 aliphatic rings. The Hall–Kier alpha value is -2.22. The summed E-state index contributed by atoms with van der Waals surface area (Å²) in [7, 11) is -1.98. The molecule has 1 fully saturated rings. The highest BCUT2D eigenvalue weighted by Crippen LogP contribution is 2.63. The lowest BCUT2D eigenvalue weighted by Crippen LogP contribution is -2.57. The van der Waals surface area contributed by atoms with Gasteiger partial charge in [0.2, 0.25) is 0 Å². The number of nitrogens with zero attached hydrogens (tertiary/aromatic N) is 1. The number of hydrogen-bond donors (Lipinski definition) is 1. The van der Waals surface area contributed by atoms with Gasteiger partial charge in [-0.25, -0.2) is 0 Å². The number of fused-ring (bicyclic) bond motifs is 1. The molecule has 0 aromatic rings. The van der Waals surface area contributed by atoms with E-state index < -0.39 is 31.7 Å². The fourth-order valence-corrected chi connectivity index (χ4v) is 7.92. The van der Waals surface area contributed by atoms with E-state index in [4.69, 9.17) is 14.2 Å². The zero-order valence-electron chi connectivity index (χ0n) is 17.9. The fourth-order valence-electron chi connectivity index (χ4n) is 4.99. The molecule has 2 heterocycles. The maximum Gasteiger partial charge on any atom is 0.192 e. The molecule has 2 aliphatic carbocycles. The molecule has 2 bridgehead atoms. The number of carbonyl (C=O) groups is 1. The third-order valence-corrected chi connectivity index (χ3v) is 11.7. The number of carbonyl (C=O) groups excluding carboxylic acids is 1. The number of aliphatic hydroxyl groups excluding tert-OH is 1. The molecule has 156 valence electrons. The first-order valence-electron chi connectivity index (χ1n) is 10.6. The molecule has 0 radical (unpaired) electrons. The summed E-state index contributed by atoms with van der Waals surface area (Å²) in [5.41, 5.74) is -0.981. The summed E-state index contributed by atoms with van der Waals surface area (Å²) < 4.78 is 13.3. The van der Waals surface area contributed by atoms with Crippen molar-refractivity contribution in [2.24, 2.45) is 4.99 Å². The molecule has 6 heteroatoms. The van der Waals surface area contributed by atoms with Crippen molar-refractivity contribution in [2.75, 3.05) is 0 Å². The fraction of sp³-hybridized carbons (Fsp3) is 0.500. The van der Waals surface area contributed by atoms with E-state index in [2.05, 4.69) is 44.5 Å². The Balaban J connectivity index is 1.89. The highest BCUT2D eigenvalue weighted by atomic mass is 28.4. The van der Waals surface area contributed by atoms with Crippen molar-refractivity contribution < 1.29 is 19.1 Å². The molecule has 5 atom stereocenters. The first kappa shape index (κ1) is 21.0. The van der Waals surface area contributed by atoms with E-state index in [1.165, 1.54) is 12.2 Å². The summed E-state index contributed by atoms with van der Waals surface area (Å²) in [6.07, 6.45) is 6.42. The van der Waals surface area contributed by atoms with Gasteiger partial charge in [0.15, 0.2) is 31.4 Å². The first-order chi connectivity index (χ1) is 14.4. The van der Waals surface area contributed by atoms with Gasteiger partial charge in [0.25, 0.3) is 0 Å². The van der Waals surface area contributed by atoms with Gasteiger partial charge in [-0.05, 0) is 55.4 Å². The van der Waals surface area contributed by atoms with Gasteiger partial charge >= 0.3 is 0 Å². The van der Waals surface area contributed by atoms with Crippen molar-refractivity contribution in [1.29, 1.82) is 0 Å². The quantitative estimate of drug-likeness (QED) is 0.310. The van der Waals surface area contributed by atoms with E-state index in [-0.39, 0.29) is 11.9 Å². The van der Waals surface area contributed by atoms with Gasteiger partial charge in [-0.2, -0.15) is 0 Å². The molecular weight excluding hydrogens is 394 g/mol. The van der Waals surface area contributed by atoms with Gasteiger partial charge in [0.05, 0.1) is 11.8 Å². The second-order valence-electron chi connectivity index (χ2n) is 8.16. The van der Waals surface area contributed by atoms with E-state index in [0.717, 1.165) is 18.1 Å². The molecule has 0 saturated carbocycles. The lowest BCUT2D eigenvalue weighted by Gasteiger charge is -2.39. The highest BCUT2D eigenvalue weighted by Gasteiger charge is 2.83. The number of aliphatic imine (C=N–C) groups is 1. The van der Waals surface area contributed by atoms with Gasteiger partial charge in [0.1, 0.15) is 6.04 Å². The summed E-state index contributed by atoms with van der Waals surface area (Å²) in [6, 6.07) is 2.45. The normalized spacial score (nSPS) is 35.3. The number of hydrogen-bond acceptors (Lipinski definition) is 5. The van der Waals surface area contributed by atoms with Gasteiger partial charge in [-0.1, -0.05) is 44.5 Å². The topological polar surface area (TPSA) is 71.4 Å². The maximum atomic E-state index is 12.2. The SMILES string of the molecule is CC[Si](CC)(CC)O[C@H](C)[C@@]12O[C@]13C1=CC(=O)C=CC1=NC2C#C/C=C\C#C[C@H]3O. The van der Waals surface area contributed by atoms with Crippen LogP contribution in [0.5, 0.6) is 0 Å². The number of aliphatic hydroxyl groups is 1. The van der Waals surface area contributed by atoms with Crippen molar-refractivity contribution in [3.05, 3.63) is 36.0 Å². The highest BCUT2D eigenvalue weighted by molar-refractivity contribution is 6.73. The lowest BCUT2D eigenvalue weighted by molar-refractivity contribution is -0.110. The standard InChI is InChI=1S/C24H27NO4Si/c1-5-30(6-2,7-3)28-17(4)23-21-12-10-8-9-11-13-22(27)24(23,29-23)19-16-18(26)14-15-20(19)25-21/h8-9,14-17,21-22,27H,5-7H2,1-4H3/b9-8-/t17-,21?,22-,23+,24+/m1/s1. The Morgan fingerprint density at radius 3 is 2.53 bits per heavy atom. The zero-order chi connectivity index (χ0) is 21.6. The summed E-state index contributed by atoms with van der Waals surface area (Å²) in [4.78, 5) is 17.0. The van der Waals surface area contributed by atoms with Crippen LogP contribution in [0.15, 0.2) is 40.9 Å². The smallest absolute Gasteiger partial charge is 0.192 e. The second kappa shape index (κ2) is 7.48. The van der Waals surface area contributed by atoms with Crippen LogP contribution in [0.25, 0.3) is 0 Å². The second-order valence-corrected chi connectivity index (χ2v) is 12.9. The molecule has 1 unspecified atom stereocenters. The van der Waals surface area contributed by atoms with Crippen LogP contribution in [0.3, 0.4) is 0 Å². The Morgan fingerprint density at radius 1 is 1.20 bits per heavy atom. The molecule has 0 aromatic carbocycles. The van der Waals surface area contributed by atoms with Gasteiger partial charge in [-0.15, -0.1) is 0 Å². The van der Waals surface area contributed by atoms with Crippen molar-refractivity contribution in [3.8, 4) is 23.7 Å². The molecule has 30 heavy (non-hydrogen) atoms. The Morgan fingerprint density at radius 2 is 1.87 bits per heavy atom. The molecule has 1 N–H and O–H groups in total. The Bertz CT molecular complexity index is 1010. The predicted octanol–water partition coefficient (Wildman–Crippen LogP) is 2.73. The Kier molecular flexibility index (Phi) is 5.24. The van der Waals surface area contributed by atoms with Crippen LogP contribution in [0.2, 0.25) is 18.1 Å². The van der Waals surface area contributed by atoms with Crippen molar-refractivity contribution in [3.63, 3.8) is 0 Å². The van der Waals surface area contributed by atoms with Gasteiger partial charge in [0, 0.05) is 5.57 Å². The van der Waals surface area contributed by atoms with E-state index in [1.54, 1.807) is 18.2 Å². The van der Waals surface area contributed by atoms with Crippen LogP contribution >= 0.6 is 0 Å². The van der Waals surface area contributed by atoms with E-state index in [0.29, 0.717) is 11.3 Å². The van der Waals surface area contributed by atoms with E-state index in [9.17, 15) is 9.90 Å². The number of allylic oxidation sites excluding steroid dienone is 5. The molecule has 0 amide bonds. The largest absolute Gasteiger partial charge is 0.411 e. The number of ketones is 1. The molecule has 0 aromatic heterocycles. The molecule has 5 nitrogen and oxygen atoms in total. The molecule has 2 aliphatic heterocycles. The van der Waals surface area contributed by atoms with Crippen LogP contribution in [0.1, 0.15) is 27.7 Å². The molecule has 0 spiro atoms. The molecule has 1 saturated heterocycles. The van der Waals surface area contributed by atoms with Gasteiger partial charge in [-0.3, -0.25) is 9.79 Å². The zero-order valence-corrected chi connectivity index (χ0v) is 18.9. The van der Waals surface area contributed by atoms with Crippen molar-refractivity contribution in [2.45, 2.75) is 75.3 Å². The van der Waals surface area contributed by atoms with Crippen LogP contribution in [-0.4, -0.2) is 54.4 Å². The third-order valence-electron chi connectivity index (χ3n) is 6.95. The van der Waals surface area contributed by atoms with Gasteiger partial charge < -0.3 is 14.3 Å². The first-order valence-corrected chi connectivity index (χ1v) is 13.2. The summed E-state index contributed by atoms with van der Waals surface area (Å²) in [5, 5.41) is 11.2. The lowest BCUT2D eigenvalue weighted by atomic mass is 9.70. The van der Waals surface area contributed by atoms with Crippen LogP contribution in [-0.2, 0) is 14.0 Å². The third kappa shape index (κ3) is 2.83. The summed E-state index contributed by atoms with van der Waals surface area (Å²) in [5.74, 6) is 11.8. The van der Waals surface area contributed by atoms with Crippen LogP contribution < -0.4 is 0 Å². The summed E-state index contributed by atoms with van der Waals surface area (Å²) in [6.45, 7) is 8.52. The average molecular weight is 422 g/mol. The summed E-state index contributed by atoms with van der Waals surface area (Å²) >= 11 is 0. The minimum absolute atomic E-state index is 0.155. The number of epoxide rings is 1. The minimum Gasteiger partial charge on any atom is -0.411 e. The number of ether oxygens (including phenoxy) is 1. The monoisotopic (exact) mass is 421 g/mol. The van der Waals surface area contributed by atoms with Crippen molar-refractivity contribution in [1.82, 2.24) is 0 Å². The Labute approximate surface area is 179 Å². The van der Waals surface area contributed by atoms with Crippen molar-refractivity contribution >= 4 is 19.8 Å². The number of rotatable bonds is 6. The average Bonchev–Trinajstić information content (AvgIpc) is 3.48. The minimum atomic E-state index is -1.98. The van der Waals surface area contributed by atoms with E-state index >= 15 is 0 Å². The maximum absolute atomic E-state index is 12.2. The van der Waals surface area contributed by atoms with E-state index in [1.807, 2.05) is 6.92 Å². The van der Waals surface area contributed by atoms with Crippen LogP contribution in [0, 0.1) is 23.7 Å². The molecule has 4 rings (SSSR count).